The van der Waals surface area contributed by atoms with Gasteiger partial charge in [0.1, 0.15) is 11.4 Å². The first kappa shape index (κ1) is 17.0. The summed E-state index contributed by atoms with van der Waals surface area (Å²) < 4.78 is 36.6. The smallest absolute Gasteiger partial charge is 0.269 e. The van der Waals surface area contributed by atoms with Crippen molar-refractivity contribution >= 4 is 15.9 Å². The van der Waals surface area contributed by atoms with Crippen molar-refractivity contribution in [2.45, 2.75) is 32.1 Å². The van der Waals surface area contributed by atoms with E-state index in [1.165, 1.54) is 21.0 Å². The molecule has 2 aromatic rings. The molecule has 1 aromatic heterocycles. The van der Waals surface area contributed by atoms with Gasteiger partial charge in [0.2, 0.25) is 5.91 Å². The van der Waals surface area contributed by atoms with Crippen molar-refractivity contribution in [1.82, 2.24) is 9.88 Å². The third-order valence-corrected chi connectivity index (χ3v) is 4.94. The van der Waals surface area contributed by atoms with Crippen LogP contribution in [0.1, 0.15) is 22.6 Å². The van der Waals surface area contributed by atoms with Crippen LogP contribution in [0.3, 0.4) is 0 Å². The topological polar surface area (TPSA) is 98.5 Å². The van der Waals surface area contributed by atoms with E-state index < -0.39 is 15.9 Å². The Morgan fingerprint density at radius 2 is 2.00 bits per heavy atom. The number of rotatable bonds is 5. The second-order valence-electron chi connectivity index (χ2n) is 5.16. The van der Waals surface area contributed by atoms with E-state index in [9.17, 15) is 13.2 Å². The minimum atomic E-state index is -4.01. The van der Waals surface area contributed by atoms with E-state index in [0.29, 0.717) is 11.3 Å². The van der Waals surface area contributed by atoms with Crippen LogP contribution in [0.15, 0.2) is 27.6 Å². The van der Waals surface area contributed by atoms with Gasteiger partial charge in [-0.25, -0.2) is 13.1 Å². The van der Waals surface area contributed by atoms with E-state index in [1.54, 1.807) is 12.1 Å². The number of carbonyl (C=O) groups is 1. The molecule has 0 radical (unpaired) electrons. The van der Waals surface area contributed by atoms with Crippen LogP contribution in [0.4, 0.5) is 0 Å². The highest BCUT2D eigenvalue weighted by molar-refractivity contribution is 7.90. The summed E-state index contributed by atoms with van der Waals surface area (Å²) in [7, 11) is -2.47. The Hall–Kier alpha value is -2.35. The van der Waals surface area contributed by atoms with Crippen molar-refractivity contribution in [3.63, 3.8) is 0 Å². The lowest BCUT2D eigenvalue weighted by atomic mass is 10.1. The van der Waals surface area contributed by atoms with Gasteiger partial charge in [0.15, 0.2) is 10.7 Å². The zero-order chi connectivity index (χ0) is 17.2. The Balaban J connectivity index is 2.16. The minimum absolute atomic E-state index is 0.0841. The highest BCUT2D eigenvalue weighted by atomic mass is 32.2. The highest BCUT2D eigenvalue weighted by Gasteiger charge is 2.26. The number of benzene rings is 1. The molecule has 2 rings (SSSR count). The molecule has 8 heteroatoms. The van der Waals surface area contributed by atoms with Gasteiger partial charge < -0.3 is 9.26 Å². The van der Waals surface area contributed by atoms with Crippen LogP contribution in [-0.2, 0) is 21.2 Å². The van der Waals surface area contributed by atoms with Gasteiger partial charge >= 0.3 is 0 Å². The Labute approximate surface area is 134 Å². The van der Waals surface area contributed by atoms with Gasteiger partial charge in [-0.15, -0.1) is 0 Å². The second kappa shape index (κ2) is 6.41. The molecular formula is C15H18N2O5S. The average molecular weight is 338 g/mol. The van der Waals surface area contributed by atoms with Crippen LogP contribution in [0.2, 0.25) is 0 Å². The predicted octanol–water partition coefficient (Wildman–Crippen LogP) is 1.66. The Bertz CT molecular complexity index is 820. The lowest BCUT2D eigenvalue weighted by molar-refractivity contribution is -0.118. The number of nitrogens with one attached hydrogen (secondary N) is 1. The second-order valence-corrected chi connectivity index (χ2v) is 6.78. The molecule has 1 amide bonds. The van der Waals surface area contributed by atoms with Crippen molar-refractivity contribution in [2.24, 2.45) is 0 Å². The number of nitrogens with zero attached hydrogens (tertiary/aromatic N) is 1. The number of carbonyl (C=O) groups excluding carboxylic acids is 1. The first-order valence-corrected chi connectivity index (χ1v) is 8.35. The Morgan fingerprint density at radius 3 is 2.57 bits per heavy atom. The molecule has 0 aliphatic rings. The zero-order valence-corrected chi connectivity index (χ0v) is 14.2. The largest absolute Gasteiger partial charge is 0.496 e. The van der Waals surface area contributed by atoms with E-state index in [0.717, 1.165) is 5.56 Å². The molecule has 23 heavy (non-hydrogen) atoms. The Morgan fingerprint density at radius 1 is 1.30 bits per heavy atom. The molecule has 0 atom stereocenters. The summed E-state index contributed by atoms with van der Waals surface area (Å²) in [5, 5.41) is 3.58. The van der Waals surface area contributed by atoms with E-state index >= 15 is 0 Å². The number of methoxy groups -OCH3 is 1. The molecule has 7 nitrogen and oxygen atoms in total. The van der Waals surface area contributed by atoms with Crippen molar-refractivity contribution in [1.29, 1.82) is 0 Å². The molecule has 0 aliphatic carbocycles. The molecule has 0 spiro atoms. The van der Waals surface area contributed by atoms with Crippen LogP contribution in [0.25, 0.3) is 0 Å². The number of amides is 1. The summed E-state index contributed by atoms with van der Waals surface area (Å²) in [4.78, 5) is 11.9. The fourth-order valence-corrected chi connectivity index (χ4v) is 3.57. The maximum atomic E-state index is 12.3. The van der Waals surface area contributed by atoms with Crippen molar-refractivity contribution in [3.05, 3.63) is 40.8 Å². The summed E-state index contributed by atoms with van der Waals surface area (Å²) in [6.45, 7) is 4.86. The van der Waals surface area contributed by atoms with E-state index in [-0.39, 0.29) is 22.8 Å². The summed E-state index contributed by atoms with van der Waals surface area (Å²) >= 11 is 0. The van der Waals surface area contributed by atoms with Crippen molar-refractivity contribution in [2.75, 3.05) is 7.11 Å². The van der Waals surface area contributed by atoms with E-state index in [1.807, 2.05) is 17.7 Å². The summed E-state index contributed by atoms with van der Waals surface area (Å²) in [6, 6.07) is 5.27. The number of hydrogen-bond donors (Lipinski definition) is 1. The molecule has 0 saturated heterocycles. The molecule has 0 saturated carbocycles. The SMILES string of the molecule is COc1cc(CC(=O)NS(=O)(=O)c2c(C)noc2C)ccc1C. The molecule has 124 valence electrons. The molecule has 0 unspecified atom stereocenters. The van der Waals surface area contributed by atoms with Crippen molar-refractivity contribution < 1.29 is 22.5 Å². The van der Waals surface area contributed by atoms with Gasteiger partial charge in [0, 0.05) is 0 Å². The fourth-order valence-electron chi connectivity index (χ4n) is 2.26. The van der Waals surface area contributed by atoms with Gasteiger partial charge in [-0.1, -0.05) is 17.3 Å². The van der Waals surface area contributed by atoms with Gasteiger partial charge in [-0.3, -0.25) is 4.79 Å². The van der Waals surface area contributed by atoms with Gasteiger partial charge in [-0.05, 0) is 38.0 Å². The molecule has 1 aromatic carbocycles. The molecule has 1 heterocycles. The third kappa shape index (κ3) is 3.70. The normalized spacial score (nSPS) is 11.3. The molecule has 0 aliphatic heterocycles. The van der Waals surface area contributed by atoms with Crippen molar-refractivity contribution in [3.8, 4) is 5.75 Å². The third-order valence-electron chi connectivity index (χ3n) is 3.32. The number of aryl methyl sites for hydroxylation is 3. The summed E-state index contributed by atoms with van der Waals surface area (Å²) in [6.07, 6.45) is -0.0841. The fraction of sp³-hybridized carbons (Fsp3) is 0.333. The number of aromatic nitrogens is 1. The first-order chi connectivity index (χ1) is 10.7. The predicted molar refractivity (Wildman–Crippen MR) is 82.7 cm³/mol. The standard InChI is InChI=1S/C15H18N2O5S/c1-9-5-6-12(7-13(9)21-4)8-14(18)17-23(19,20)15-10(2)16-22-11(15)3/h5-7H,8H2,1-4H3,(H,17,18). The van der Waals surface area contributed by atoms with Crippen LogP contribution < -0.4 is 9.46 Å². The minimum Gasteiger partial charge on any atom is -0.496 e. The van der Waals surface area contributed by atoms with Crippen LogP contribution in [-0.4, -0.2) is 26.6 Å². The van der Waals surface area contributed by atoms with Crippen LogP contribution in [0, 0.1) is 20.8 Å². The van der Waals surface area contributed by atoms with Crippen LogP contribution >= 0.6 is 0 Å². The van der Waals surface area contributed by atoms with Gasteiger partial charge in [-0.2, -0.15) is 0 Å². The lowest BCUT2D eigenvalue weighted by Crippen LogP contribution is -2.32. The monoisotopic (exact) mass is 338 g/mol. The molecule has 0 bridgehead atoms. The number of ether oxygens (including phenoxy) is 1. The summed E-state index contributed by atoms with van der Waals surface area (Å²) in [5.41, 5.74) is 1.79. The maximum Gasteiger partial charge on any atom is 0.269 e. The number of sulfonamides is 1. The summed E-state index contributed by atoms with van der Waals surface area (Å²) in [5.74, 6) is 0.139. The lowest BCUT2D eigenvalue weighted by Gasteiger charge is -2.09. The number of hydrogen-bond acceptors (Lipinski definition) is 6. The zero-order valence-electron chi connectivity index (χ0n) is 13.3. The van der Waals surface area contributed by atoms with E-state index in [2.05, 4.69) is 5.16 Å². The van der Waals surface area contributed by atoms with E-state index in [4.69, 9.17) is 9.26 Å². The first-order valence-electron chi connectivity index (χ1n) is 6.86. The quantitative estimate of drug-likeness (QED) is 0.890. The molecule has 0 fully saturated rings. The highest BCUT2D eigenvalue weighted by Crippen LogP contribution is 2.20. The van der Waals surface area contributed by atoms with Gasteiger partial charge in [0.25, 0.3) is 10.0 Å². The van der Waals surface area contributed by atoms with Gasteiger partial charge in [0.05, 0.1) is 13.5 Å². The average Bonchev–Trinajstić information content (AvgIpc) is 2.80. The Kier molecular flexibility index (Phi) is 4.74. The molecular weight excluding hydrogens is 320 g/mol. The maximum absolute atomic E-state index is 12.3. The van der Waals surface area contributed by atoms with Crippen LogP contribution in [0.5, 0.6) is 5.75 Å². The molecule has 1 N–H and O–H groups in total.